The van der Waals surface area contributed by atoms with E-state index in [1.54, 1.807) is 0 Å². The monoisotopic (exact) mass is 347 g/mol. The molecular formula is C19H29N3O3. The van der Waals surface area contributed by atoms with Gasteiger partial charge >= 0.3 is 6.03 Å². The third kappa shape index (κ3) is 4.51. The summed E-state index contributed by atoms with van der Waals surface area (Å²) in [5, 5.41) is 8.72. The van der Waals surface area contributed by atoms with E-state index in [-0.39, 0.29) is 24.1 Å². The quantitative estimate of drug-likeness (QED) is 0.738. The maximum Gasteiger partial charge on any atom is 0.315 e. The highest BCUT2D eigenvalue weighted by molar-refractivity contribution is 5.84. The fourth-order valence-corrected chi connectivity index (χ4v) is 3.21. The molecule has 0 bridgehead atoms. The number of urea groups is 1. The van der Waals surface area contributed by atoms with E-state index in [4.69, 9.17) is 4.74 Å². The first-order valence-electron chi connectivity index (χ1n) is 8.67. The first-order valence-corrected chi connectivity index (χ1v) is 8.67. The SMILES string of the molecule is CC(C)NC(=O)C1(C)COC1C(C)(C)NC(=O)NCc1ccccc1. The molecule has 1 aliphatic heterocycles. The van der Waals surface area contributed by atoms with Crippen LogP contribution in [0.2, 0.25) is 0 Å². The number of rotatable bonds is 6. The minimum atomic E-state index is -0.678. The molecule has 1 heterocycles. The van der Waals surface area contributed by atoms with Crippen LogP contribution in [0.5, 0.6) is 0 Å². The fourth-order valence-electron chi connectivity index (χ4n) is 3.21. The number of nitrogens with one attached hydrogen (secondary N) is 3. The van der Waals surface area contributed by atoms with Gasteiger partial charge in [-0.15, -0.1) is 0 Å². The van der Waals surface area contributed by atoms with Gasteiger partial charge in [-0.05, 0) is 40.2 Å². The van der Waals surface area contributed by atoms with Crippen molar-refractivity contribution in [1.82, 2.24) is 16.0 Å². The van der Waals surface area contributed by atoms with Gasteiger partial charge in [0.05, 0.1) is 23.7 Å². The van der Waals surface area contributed by atoms with Crippen molar-refractivity contribution in [2.75, 3.05) is 6.61 Å². The summed E-state index contributed by atoms with van der Waals surface area (Å²) in [4.78, 5) is 24.7. The molecule has 6 nitrogen and oxygen atoms in total. The number of carbonyl (C=O) groups is 2. The lowest BCUT2D eigenvalue weighted by Gasteiger charge is -2.52. The Hall–Kier alpha value is -2.08. The molecule has 25 heavy (non-hydrogen) atoms. The van der Waals surface area contributed by atoms with Crippen LogP contribution in [0, 0.1) is 5.41 Å². The molecule has 0 spiro atoms. The smallest absolute Gasteiger partial charge is 0.315 e. The lowest BCUT2D eigenvalue weighted by molar-refractivity contribution is -0.209. The normalized spacial score (nSPS) is 22.9. The maximum absolute atomic E-state index is 12.5. The van der Waals surface area contributed by atoms with Gasteiger partial charge in [0.1, 0.15) is 0 Å². The molecule has 0 saturated carbocycles. The van der Waals surface area contributed by atoms with Crippen molar-refractivity contribution in [1.29, 1.82) is 0 Å². The predicted octanol–water partition coefficient (Wildman–Crippen LogP) is 2.19. The number of carbonyl (C=O) groups excluding carboxylic acids is 2. The van der Waals surface area contributed by atoms with Crippen molar-refractivity contribution in [3.8, 4) is 0 Å². The van der Waals surface area contributed by atoms with Gasteiger partial charge in [0.2, 0.25) is 5.91 Å². The van der Waals surface area contributed by atoms with Crippen LogP contribution in [0.25, 0.3) is 0 Å². The molecule has 0 radical (unpaired) electrons. The van der Waals surface area contributed by atoms with Gasteiger partial charge < -0.3 is 20.7 Å². The summed E-state index contributed by atoms with van der Waals surface area (Å²) in [6, 6.07) is 9.48. The third-order valence-electron chi connectivity index (χ3n) is 4.45. The molecule has 1 aliphatic rings. The largest absolute Gasteiger partial charge is 0.373 e. The topological polar surface area (TPSA) is 79.5 Å². The van der Waals surface area contributed by atoms with Crippen molar-refractivity contribution >= 4 is 11.9 Å². The lowest BCUT2D eigenvalue weighted by atomic mass is 9.71. The molecule has 3 amide bonds. The zero-order chi connectivity index (χ0) is 18.7. The van der Waals surface area contributed by atoms with Gasteiger partial charge in [0, 0.05) is 12.6 Å². The average Bonchev–Trinajstić information content (AvgIpc) is 2.50. The Balaban J connectivity index is 1.93. The Morgan fingerprint density at radius 3 is 2.44 bits per heavy atom. The first-order chi connectivity index (χ1) is 11.6. The molecule has 1 aromatic carbocycles. The standard InChI is InChI=1S/C19H29N3O3/c1-13(2)21-16(23)19(5)12-25-15(19)18(3,4)22-17(24)20-11-14-9-7-6-8-10-14/h6-10,13,15H,11-12H2,1-5H3,(H,21,23)(H2,20,22,24). The highest BCUT2D eigenvalue weighted by Gasteiger charge is 2.57. The number of benzene rings is 1. The van der Waals surface area contributed by atoms with Gasteiger partial charge in [-0.3, -0.25) is 4.79 Å². The molecule has 0 aromatic heterocycles. The molecule has 2 rings (SSSR count). The Morgan fingerprint density at radius 1 is 1.28 bits per heavy atom. The molecule has 6 heteroatoms. The van der Waals surface area contributed by atoms with Crippen molar-refractivity contribution in [2.24, 2.45) is 5.41 Å². The molecule has 1 fully saturated rings. The van der Waals surface area contributed by atoms with E-state index in [1.807, 2.05) is 65.0 Å². The number of ether oxygens (including phenoxy) is 1. The second kappa shape index (κ2) is 7.44. The zero-order valence-corrected chi connectivity index (χ0v) is 15.7. The van der Waals surface area contributed by atoms with E-state index in [0.29, 0.717) is 13.2 Å². The maximum atomic E-state index is 12.5. The van der Waals surface area contributed by atoms with Crippen molar-refractivity contribution in [3.63, 3.8) is 0 Å². The molecular weight excluding hydrogens is 318 g/mol. The second-order valence-corrected chi connectivity index (χ2v) is 7.75. The van der Waals surface area contributed by atoms with Crippen molar-refractivity contribution in [3.05, 3.63) is 35.9 Å². The molecule has 1 aromatic rings. The number of amides is 3. The lowest BCUT2D eigenvalue weighted by Crippen LogP contribution is -2.70. The highest BCUT2D eigenvalue weighted by Crippen LogP contribution is 2.41. The predicted molar refractivity (Wildman–Crippen MR) is 97.0 cm³/mol. The Kier molecular flexibility index (Phi) is 5.72. The van der Waals surface area contributed by atoms with Gasteiger partial charge in [0.25, 0.3) is 0 Å². The van der Waals surface area contributed by atoms with Crippen LogP contribution in [0.4, 0.5) is 4.79 Å². The van der Waals surface area contributed by atoms with Crippen LogP contribution in [0.15, 0.2) is 30.3 Å². The van der Waals surface area contributed by atoms with E-state index in [1.165, 1.54) is 0 Å². The van der Waals surface area contributed by atoms with Crippen LogP contribution in [0.1, 0.15) is 40.2 Å². The molecule has 2 unspecified atom stereocenters. The van der Waals surface area contributed by atoms with Crippen molar-refractivity contribution in [2.45, 2.75) is 58.8 Å². The minimum Gasteiger partial charge on any atom is -0.373 e. The summed E-state index contributed by atoms with van der Waals surface area (Å²) in [7, 11) is 0. The van der Waals surface area contributed by atoms with Gasteiger partial charge in [-0.2, -0.15) is 0 Å². The molecule has 2 atom stereocenters. The summed E-state index contributed by atoms with van der Waals surface area (Å²) in [5.41, 5.74) is -0.306. The Labute approximate surface area is 149 Å². The molecule has 3 N–H and O–H groups in total. The van der Waals surface area contributed by atoms with Crippen LogP contribution in [0.3, 0.4) is 0 Å². The average molecular weight is 347 g/mol. The summed E-state index contributed by atoms with van der Waals surface area (Å²) in [6.45, 7) is 10.3. The zero-order valence-electron chi connectivity index (χ0n) is 15.7. The van der Waals surface area contributed by atoms with E-state index in [0.717, 1.165) is 5.56 Å². The summed E-state index contributed by atoms with van der Waals surface area (Å²) in [6.07, 6.45) is -0.388. The van der Waals surface area contributed by atoms with E-state index in [2.05, 4.69) is 16.0 Å². The summed E-state index contributed by atoms with van der Waals surface area (Å²) < 4.78 is 5.67. The van der Waals surface area contributed by atoms with Gasteiger partial charge in [-0.25, -0.2) is 4.79 Å². The van der Waals surface area contributed by atoms with Crippen molar-refractivity contribution < 1.29 is 14.3 Å². The Morgan fingerprint density at radius 2 is 1.92 bits per heavy atom. The highest BCUT2D eigenvalue weighted by atomic mass is 16.5. The second-order valence-electron chi connectivity index (χ2n) is 7.75. The number of hydrogen-bond donors (Lipinski definition) is 3. The minimum absolute atomic E-state index is 0.0432. The van der Waals surface area contributed by atoms with Crippen LogP contribution in [-0.4, -0.2) is 36.2 Å². The molecule has 0 aliphatic carbocycles. The Bertz CT molecular complexity index is 616. The summed E-state index contributed by atoms with van der Waals surface area (Å²) in [5.74, 6) is -0.0432. The fraction of sp³-hybridized carbons (Fsp3) is 0.579. The van der Waals surface area contributed by atoms with Crippen LogP contribution < -0.4 is 16.0 Å². The number of hydrogen-bond acceptors (Lipinski definition) is 3. The van der Waals surface area contributed by atoms with E-state index < -0.39 is 11.0 Å². The molecule has 1 saturated heterocycles. The molecule has 138 valence electrons. The van der Waals surface area contributed by atoms with Crippen LogP contribution in [-0.2, 0) is 16.1 Å². The van der Waals surface area contributed by atoms with Crippen LogP contribution >= 0.6 is 0 Å². The van der Waals surface area contributed by atoms with Gasteiger partial charge in [0.15, 0.2) is 0 Å². The summed E-state index contributed by atoms with van der Waals surface area (Å²) >= 11 is 0. The van der Waals surface area contributed by atoms with E-state index >= 15 is 0 Å². The van der Waals surface area contributed by atoms with E-state index in [9.17, 15) is 9.59 Å². The van der Waals surface area contributed by atoms with Gasteiger partial charge in [-0.1, -0.05) is 30.3 Å². The first kappa shape index (κ1) is 19.2. The third-order valence-corrected chi connectivity index (χ3v) is 4.45.